The molecule has 1 fully saturated rings. The van der Waals surface area contributed by atoms with Gasteiger partial charge in [0.15, 0.2) is 11.6 Å². The Morgan fingerprint density at radius 3 is 3.22 bits per heavy atom. The van der Waals surface area contributed by atoms with Gasteiger partial charge in [-0.05, 0) is 37.8 Å². The Morgan fingerprint density at radius 2 is 2.44 bits per heavy atom. The molecule has 18 heavy (non-hydrogen) atoms. The van der Waals surface area contributed by atoms with Crippen LogP contribution >= 0.6 is 0 Å². The summed E-state index contributed by atoms with van der Waals surface area (Å²) in [6.07, 6.45) is 6.66. The number of pyridine rings is 1. The summed E-state index contributed by atoms with van der Waals surface area (Å²) in [6, 6.07) is 3.85. The molecule has 2 rings (SSSR count). The molecule has 4 heteroatoms. The van der Waals surface area contributed by atoms with E-state index in [2.05, 4.69) is 17.2 Å². The Balaban J connectivity index is 1.87. The van der Waals surface area contributed by atoms with Gasteiger partial charge in [-0.25, -0.2) is 4.98 Å². The summed E-state index contributed by atoms with van der Waals surface area (Å²) in [4.78, 5) is 4.32. The van der Waals surface area contributed by atoms with Crippen LogP contribution in [0.25, 0.3) is 0 Å². The molecule has 1 aromatic rings. The molecule has 1 atom stereocenters. The fourth-order valence-electron chi connectivity index (χ4n) is 2.03. The molecule has 100 valence electrons. The van der Waals surface area contributed by atoms with Crippen molar-refractivity contribution in [3.63, 3.8) is 0 Å². The summed E-state index contributed by atoms with van der Waals surface area (Å²) in [7, 11) is 0. The van der Waals surface area contributed by atoms with Gasteiger partial charge < -0.3 is 14.8 Å². The highest BCUT2D eigenvalue weighted by Gasteiger charge is 2.14. The first-order valence-electron chi connectivity index (χ1n) is 6.83. The zero-order valence-corrected chi connectivity index (χ0v) is 11.0. The van der Waals surface area contributed by atoms with E-state index in [1.807, 2.05) is 12.1 Å². The third-order valence-corrected chi connectivity index (χ3v) is 3.00. The zero-order valence-electron chi connectivity index (χ0n) is 11.0. The van der Waals surface area contributed by atoms with Crippen molar-refractivity contribution < 1.29 is 9.47 Å². The van der Waals surface area contributed by atoms with Gasteiger partial charge in [0, 0.05) is 19.3 Å². The van der Waals surface area contributed by atoms with Crippen molar-refractivity contribution in [3.05, 3.63) is 18.3 Å². The summed E-state index contributed by atoms with van der Waals surface area (Å²) in [5.41, 5.74) is 0. The van der Waals surface area contributed by atoms with Gasteiger partial charge in [-0.3, -0.25) is 0 Å². The first-order chi connectivity index (χ1) is 8.90. The van der Waals surface area contributed by atoms with Crippen LogP contribution in [0.1, 0.15) is 32.6 Å². The maximum absolute atomic E-state index is 5.69. The quantitative estimate of drug-likeness (QED) is 0.843. The lowest BCUT2D eigenvalue weighted by Crippen LogP contribution is -2.27. The van der Waals surface area contributed by atoms with Gasteiger partial charge >= 0.3 is 0 Å². The molecule has 0 radical (unpaired) electrons. The van der Waals surface area contributed by atoms with Crippen LogP contribution in [0.5, 0.6) is 5.75 Å². The second-order valence-electron chi connectivity index (χ2n) is 4.57. The maximum Gasteiger partial charge on any atom is 0.168 e. The number of hydrogen-bond acceptors (Lipinski definition) is 4. The number of nitrogens with one attached hydrogen (secondary N) is 1. The molecular weight excluding hydrogens is 228 g/mol. The van der Waals surface area contributed by atoms with Crippen LogP contribution in [0, 0.1) is 0 Å². The van der Waals surface area contributed by atoms with E-state index < -0.39 is 0 Å². The molecule has 0 saturated carbocycles. The topological polar surface area (TPSA) is 43.4 Å². The second kappa shape index (κ2) is 7.21. The van der Waals surface area contributed by atoms with E-state index in [0.717, 1.165) is 44.2 Å². The first-order valence-corrected chi connectivity index (χ1v) is 6.83. The average molecular weight is 250 g/mol. The molecule has 1 aliphatic heterocycles. The van der Waals surface area contributed by atoms with Crippen LogP contribution in [-0.2, 0) is 4.74 Å². The summed E-state index contributed by atoms with van der Waals surface area (Å²) < 4.78 is 11.3. The molecule has 1 unspecified atom stereocenters. The molecule has 1 saturated heterocycles. The summed E-state index contributed by atoms with van der Waals surface area (Å²) in [6.45, 7) is 4.51. The van der Waals surface area contributed by atoms with E-state index in [0.29, 0.717) is 6.10 Å². The Bertz CT molecular complexity index is 351. The molecule has 0 aliphatic carbocycles. The Morgan fingerprint density at radius 1 is 1.50 bits per heavy atom. The molecule has 2 heterocycles. The minimum Gasteiger partial charge on any atom is -0.490 e. The van der Waals surface area contributed by atoms with Crippen molar-refractivity contribution in [3.8, 4) is 5.75 Å². The highest BCUT2D eigenvalue weighted by Crippen LogP contribution is 2.22. The fraction of sp³-hybridized carbons (Fsp3) is 0.643. The lowest BCUT2D eigenvalue weighted by Gasteiger charge is -2.23. The van der Waals surface area contributed by atoms with Crippen LogP contribution in [0.15, 0.2) is 18.3 Å². The molecule has 1 aliphatic rings. The molecule has 1 aromatic heterocycles. The molecule has 0 bridgehead atoms. The number of hydrogen-bond donors (Lipinski definition) is 1. The smallest absolute Gasteiger partial charge is 0.168 e. The second-order valence-corrected chi connectivity index (χ2v) is 4.57. The van der Waals surface area contributed by atoms with E-state index >= 15 is 0 Å². The highest BCUT2D eigenvalue weighted by molar-refractivity contribution is 5.49. The van der Waals surface area contributed by atoms with Crippen molar-refractivity contribution in [1.29, 1.82) is 0 Å². The van der Waals surface area contributed by atoms with Crippen molar-refractivity contribution in [2.75, 3.05) is 25.1 Å². The minimum absolute atomic E-state index is 0.305. The monoisotopic (exact) mass is 250 g/mol. The lowest BCUT2D eigenvalue weighted by molar-refractivity contribution is 0.0247. The zero-order chi connectivity index (χ0) is 12.6. The van der Waals surface area contributed by atoms with E-state index in [1.54, 1.807) is 6.20 Å². The predicted molar refractivity (Wildman–Crippen MR) is 72.1 cm³/mol. The van der Waals surface area contributed by atoms with E-state index in [1.165, 1.54) is 12.8 Å². The standard InChI is InChI=1S/C14H22N2O2/c1-2-9-18-13-7-5-8-15-14(13)16-11-12-6-3-4-10-17-12/h5,7-8,12H,2-4,6,9-11H2,1H3,(H,15,16). The van der Waals surface area contributed by atoms with Crippen molar-refractivity contribution >= 4 is 5.82 Å². The van der Waals surface area contributed by atoms with Crippen LogP contribution in [0.2, 0.25) is 0 Å². The third kappa shape index (κ3) is 3.88. The number of anilines is 1. The van der Waals surface area contributed by atoms with Crippen LogP contribution < -0.4 is 10.1 Å². The van der Waals surface area contributed by atoms with Gasteiger partial charge in [0.1, 0.15) is 0 Å². The summed E-state index contributed by atoms with van der Waals surface area (Å²) in [5.74, 6) is 1.65. The number of rotatable bonds is 6. The molecule has 0 aromatic carbocycles. The van der Waals surface area contributed by atoms with Crippen molar-refractivity contribution in [2.45, 2.75) is 38.7 Å². The molecular formula is C14H22N2O2. The Labute approximate surface area is 109 Å². The van der Waals surface area contributed by atoms with Crippen LogP contribution in [0.4, 0.5) is 5.82 Å². The fourth-order valence-corrected chi connectivity index (χ4v) is 2.03. The van der Waals surface area contributed by atoms with Gasteiger partial charge in [-0.15, -0.1) is 0 Å². The molecule has 0 amide bonds. The summed E-state index contributed by atoms with van der Waals surface area (Å²) >= 11 is 0. The van der Waals surface area contributed by atoms with Gasteiger partial charge in [0.2, 0.25) is 0 Å². The maximum atomic E-state index is 5.69. The minimum atomic E-state index is 0.305. The van der Waals surface area contributed by atoms with Gasteiger partial charge in [0.25, 0.3) is 0 Å². The molecule has 4 nitrogen and oxygen atoms in total. The Kier molecular flexibility index (Phi) is 5.27. The lowest BCUT2D eigenvalue weighted by atomic mass is 10.1. The SMILES string of the molecule is CCCOc1cccnc1NCC1CCCCO1. The van der Waals surface area contributed by atoms with Gasteiger partial charge in [0.05, 0.1) is 12.7 Å². The van der Waals surface area contributed by atoms with E-state index in [4.69, 9.17) is 9.47 Å². The highest BCUT2D eigenvalue weighted by atomic mass is 16.5. The number of nitrogens with zero attached hydrogens (tertiary/aromatic N) is 1. The van der Waals surface area contributed by atoms with E-state index in [-0.39, 0.29) is 0 Å². The third-order valence-electron chi connectivity index (χ3n) is 3.00. The van der Waals surface area contributed by atoms with Crippen LogP contribution in [0.3, 0.4) is 0 Å². The van der Waals surface area contributed by atoms with Crippen molar-refractivity contribution in [2.24, 2.45) is 0 Å². The van der Waals surface area contributed by atoms with Gasteiger partial charge in [-0.2, -0.15) is 0 Å². The molecule has 0 spiro atoms. The Hall–Kier alpha value is -1.29. The largest absolute Gasteiger partial charge is 0.490 e. The number of ether oxygens (including phenoxy) is 2. The van der Waals surface area contributed by atoms with Gasteiger partial charge in [-0.1, -0.05) is 6.92 Å². The predicted octanol–water partition coefficient (Wildman–Crippen LogP) is 2.85. The number of aromatic nitrogens is 1. The summed E-state index contributed by atoms with van der Waals surface area (Å²) in [5, 5.41) is 3.33. The average Bonchev–Trinajstić information content (AvgIpc) is 2.45. The van der Waals surface area contributed by atoms with Crippen LogP contribution in [-0.4, -0.2) is 30.8 Å². The van der Waals surface area contributed by atoms with E-state index in [9.17, 15) is 0 Å². The first kappa shape index (κ1) is 13.1. The van der Waals surface area contributed by atoms with Crippen molar-refractivity contribution in [1.82, 2.24) is 4.98 Å². The molecule has 1 N–H and O–H groups in total. The normalized spacial score (nSPS) is 19.5.